The van der Waals surface area contributed by atoms with E-state index in [4.69, 9.17) is 4.74 Å². The van der Waals surface area contributed by atoms with Crippen LogP contribution in [0.2, 0.25) is 0 Å². The lowest BCUT2D eigenvalue weighted by Crippen LogP contribution is -2.30. The van der Waals surface area contributed by atoms with Crippen LogP contribution >= 0.6 is 11.3 Å². The molecule has 0 saturated carbocycles. The second-order valence-electron chi connectivity index (χ2n) is 6.42. The zero-order valence-corrected chi connectivity index (χ0v) is 16.7. The van der Waals surface area contributed by atoms with Crippen molar-refractivity contribution in [3.63, 3.8) is 0 Å². The summed E-state index contributed by atoms with van der Waals surface area (Å²) < 4.78 is 33.2. The van der Waals surface area contributed by atoms with Gasteiger partial charge in [0.15, 0.2) is 5.82 Å². The van der Waals surface area contributed by atoms with Crippen LogP contribution in [0.1, 0.15) is 38.3 Å². The molecule has 3 aromatic rings. The van der Waals surface area contributed by atoms with Crippen LogP contribution in [0.25, 0.3) is 10.2 Å². The SMILES string of the molecule is Cc1cnc([C@@H](OC(C)C)[C@@H](C)S(=O)(=O)c2nc3ccccc3s2)nc1. The number of sulfone groups is 1. The highest BCUT2D eigenvalue weighted by Crippen LogP contribution is 2.33. The Bertz CT molecular complexity index is 965. The molecule has 1 aromatic carbocycles. The van der Waals surface area contributed by atoms with Crippen molar-refractivity contribution in [1.29, 1.82) is 0 Å². The molecule has 0 radical (unpaired) electrons. The first-order valence-electron chi connectivity index (χ1n) is 8.32. The molecule has 3 rings (SSSR count). The van der Waals surface area contributed by atoms with Gasteiger partial charge >= 0.3 is 0 Å². The van der Waals surface area contributed by atoms with E-state index >= 15 is 0 Å². The third-order valence-corrected chi connectivity index (χ3v) is 7.49. The predicted molar refractivity (Wildman–Crippen MR) is 102 cm³/mol. The number of hydrogen-bond donors (Lipinski definition) is 0. The number of rotatable bonds is 6. The topological polar surface area (TPSA) is 82.0 Å². The lowest BCUT2D eigenvalue weighted by atomic mass is 10.2. The molecule has 26 heavy (non-hydrogen) atoms. The van der Waals surface area contributed by atoms with Gasteiger partial charge < -0.3 is 4.74 Å². The van der Waals surface area contributed by atoms with E-state index in [0.717, 1.165) is 10.3 Å². The van der Waals surface area contributed by atoms with E-state index in [2.05, 4.69) is 15.0 Å². The molecule has 0 N–H and O–H groups in total. The average molecular weight is 392 g/mol. The molecule has 0 aliphatic carbocycles. The van der Waals surface area contributed by atoms with Gasteiger partial charge in [0.1, 0.15) is 6.10 Å². The van der Waals surface area contributed by atoms with E-state index in [0.29, 0.717) is 11.3 Å². The van der Waals surface area contributed by atoms with Crippen molar-refractivity contribution in [1.82, 2.24) is 15.0 Å². The largest absolute Gasteiger partial charge is 0.366 e. The van der Waals surface area contributed by atoms with Crippen LogP contribution in [-0.4, -0.2) is 34.7 Å². The number of aryl methyl sites for hydroxylation is 1. The van der Waals surface area contributed by atoms with Crippen LogP contribution in [0, 0.1) is 6.92 Å². The first-order valence-corrected chi connectivity index (χ1v) is 10.7. The van der Waals surface area contributed by atoms with Crippen molar-refractivity contribution in [3.05, 3.63) is 48.0 Å². The molecule has 6 nitrogen and oxygen atoms in total. The summed E-state index contributed by atoms with van der Waals surface area (Å²) >= 11 is 1.17. The summed E-state index contributed by atoms with van der Waals surface area (Å²) in [5.41, 5.74) is 1.58. The summed E-state index contributed by atoms with van der Waals surface area (Å²) in [6, 6.07) is 7.38. The minimum Gasteiger partial charge on any atom is -0.366 e. The quantitative estimate of drug-likeness (QED) is 0.637. The molecule has 0 unspecified atom stereocenters. The van der Waals surface area contributed by atoms with Crippen LogP contribution in [-0.2, 0) is 14.6 Å². The molecule has 0 amide bonds. The summed E-state index contributed by atoms with van der Waals surface area (Å²) in [7, 11) is -3.70. The van der Waals surface area contributed by atoms with Crippen molar-refractivity contribution >= 4 is 31.4 Å². The molecule has 0 bridgehead atoms. The lowest BCUT2D eigenvalue weighted by molar-refractivity contribution is 0.00143. The summed E-state index contributed by atoms with van der Waals surface area (Å²) in [6.07, 6.45) is 2.39. The molecular formula is C18H21N3O3S2. The van der Waals surface area contributed by atoms with Crippen molar-refractivity contribution in [2.75, 3.05) is 0 Å². The standard InChI is InChI=1S/C18H21N3O3S2/c1-11(2)24-16(17-19-9-12(3)10-20-17)13(4)26(22,23)18-21-14-7-5-6-8-15(14)25-18/h5-11,13,16H,1-4H3/t13-,16+/m1/s1. The number of hydrogen-bond acceptors (Lipinski definition) is 7. The Morgan fingerprint density at radius 3 is 2.35 bits per heavy atom. The van der Waals surface area contributed by atoms with Gasteiger partial charge in [0.2, 0.25) is 14.2 Å². The fraction of sp³-hybridized carbons (Fsp3) is 0.389. The first-order chi connectivity index (χ1) is 12.3. The minimum atomic E-state index is -3.70. The fourth-order valence-electron chi connectivity index (χ4n) is 2.52. The molecule has 0 aliphatic heterocycles. The highest BCUT2D eigenvalue weighted by atomic mass is 32.2. The second-order valence-corrected chi connectivity index (χ2v) is 9.93. The fourth-order valence-corrected chi connectivity index (χ4v) is 5.46. The van der Waals surface area contributed by atoms with E-state index < -0.39 is 21.2 Å². The molecule has 2 atom stereocenters. The Balaban J connectivity index is 2.01. The van der Waals surface area contributed by atoms with Crippen LogP contribution in [0.3, 0.4) is 0 Å². The number of para-hydroxylation sites is 1. The van der Waals surface area contributed by atoms with Crippen LogP contribution in [0.4, 0.5) is 0 Å². The average Bonchev–Trinajstić information content (AvgIpc) is 3.05. The van der Waals surface area contributed by atoms with Gasteiger partial charge in [-0.15, -0.1) is 11.3 Å². The predicted octanol–water partition coefficient (Wildman–Crippen LogP) is 3.72. The summed E-state index contributed by atoms with van der Waals surface area (Å²) in [5.74, 6) is 0.362. The highest BCUT2D eigenvalue weighted by Gasteiger charge is 2.37. The van der Waals surface area contributed by atoms with E-state index in [1.54, 1.807) is 25.4 Å². The molecular weight excluding hydrogens is 370 g/mol. The van der Waals surface area contributed by atoms with Crippen LogP contribution in [0.5, 0.6) is 0 Å². The van der Waals surface area contributed by atoms with Gasteiger partial charge in [-0.2, -0.15) is 0 Å². The van der Waals surface area contributed by atoms with E-state index in [1.165, 1.54) is 11.3 Å². The van der Waals surface area contributed by atoms with Gasteiger partial charge in [-0.1, -0.05) is 12.1 Å². The van der Waals surface area contributed by atoms with Gasteiger partial charge in [0.05, 0.1) is 21.6 Å². The highest BCUT2D eigenvalue weighted by molar-refractivity contribution is 7.94. The zero-order valence-electron chi connectivity index (χ0n) is 15.1. The maximum atomic E-state index is 13.2. The Morgan fingerprint density at radius 1 is 1.08 bits per heavy atom. The number of ether oxygens (including phenoxy) is 1. The molecule has 0 saturated heterocycles. The van der Waals surface area contributed by atoms with Gasteiger partial charge in [-0.3, -0.25) is 0 Å². The number of aromatic nitrogens is 3. The van der Waals surface area contributed by atoms with E-state index in [-0.39, 0.29) is 10.4 Å². The van der Waals surface area contributed by atoms with Gasteiger partial charge in [-0.25, -0.2) is 23.4 Å². The Morgan fingerprint density at radius 2 is 1.73 bits per heavy atom. The van der Waals surface area contributed by atoms with E-state index in [9.17, 15) is 8.42 Å². The number of benzene rings is 1. The minimum absolute atomic E-state index is 0.0932. The molecule has 138 valence electrons. The summed E-state index contributed by atoms with van der Waals surface area (Å²) in [6.45, 7) is 7.22. The zero-order chi connectivity index (χ0) is 18.9. The van der Waals surface area contributed by atoms with Crippen molar-refractivity contribution in [2.45, 2.75) is 49.5 Å². The monoisotopic (exact) mass is 391 g/mol. The van der Waals surface area contributed by atoms with E-state index in [1.807, 2.05) is 39.0 Å². The molecule has 0 fully saturated rings. The smallest absolute Gasteiger partial charge is 0.210 e. The molecule has 0 spiro atoms. The summed E-state index contributed by atoms with van der Waals surface area (Å²) in [4.78, 5) is 12.9. The molecule has 0 aliphatic rings. The van der Waals surface area contributed by atoms with Gasteiger partial charge in [-0.05, 0) is 45.4 Å². The Hall–Kier alpha value is -1.90. The Kier molecular flexibility index (Phi) is 5.36. The normalized spacial score (nSPS) is 14.7. The number of nitrogens with zero attached hydrogens (tertiary/aromatic N) is 3. The van der Waals surface area contributed by atoms with Crippen molar-refractivity contribution < 1.29 is 13.2 Å². The molecule has 8 heteroatoms. The molecule has 2 aromatic heterocycles. The Labute approximate surface area is 157 Å². The first kappa shape index (κ1) is 18.9. The molecule has 2 heterocycles. The maximum Gasteiger partial charge on any atom is 0.210 e. The van der Waals surface area contributed by atoms with Crippen molar-refractivity contribution in [2.24, 2.45) is 0 Å². The number of thiazole rings is 1. The number of fused-ring (bicyclic) bond motifs is 1. The maximum absolute atomic E-state index is 13.2. The van der Waals surface area contributed by atoms with Gasteiger partial charge in [0.25, 0.3) is 0 Å². The van der Waals surface area contributed by atoms with Gasteiger partial charge in [0, 0.05) is 12.4 Å². The lowest BCUT2D eigenvalue weighted by Gasteiger charge is -2.24. The third-order valence-electron chi connectivity index (χ3n) is 3.91. The third kappa shape index (κ3) is 3.77. The second kappa shape index (κ2) is 7.38. The summed E-state index contributed by atoms with van der Waals surface area (Å²) in [5, 5.41) is -0.867. The van der Waals surface area contributed by atoms with Crippen LogP contribution < -0.4 is 0 Å². The van der Waals surface area contributed by atoms with Crippen molar-refractivity contribution in [3.8, 4) is 0 Å². The van der Waals surface area contributed by atoms with Crippen LogP contribution in [0.15, 0.2) is 41.0 Å².